The van der Waals surface area contributed by atoms with Crippen LogP contribution < -0.4 is 11.1 Å². The van der Waals surface area contributed by atoms with Gasteiger partial charge in [-0.15, -0.1) is 0 Å². The molecule has 7 heteroatoms. The number of nitrogens with two attached hydrogens (primary N) is 1. The molecule has 3 N–H and O–H groups in total. The second-order valence-corrected chi connectivity index (χ2v) is 7.67. The number of aryl methyl sites for hydroxylation is 1. The van der Waals surface area contributed by atoms with Crippen molar-refractivity contribution in [3.8, 4) is 0 Å². The van der Waals surface area contributed by atoms with Crippen LogP contribution >= 0.6 is 0 Å². The highest BCUT2D eigenvalue weighted by molar-refractivity contribution is 6.10. The molecule has 5 rings (SSSR count). The monoisotopic (exact) mass is 340 g/mol. The van der Waals surface area contributed by atoms with E-state index in [0.29, 0.717) is 6.04 Å². The molecular weight excluding hydrogens is 316 g/mol. The molecule has 3 heterocycles. The summed E-state index contributed by atoms with van der Waals surface area (Å²) in [7, 11) is 0. The first-order valence-corrected chi connectivity index (χ1v) is 9.29. The van der Waals surface area contributed by atoms with E-state index >= 15 is 0 Å². The van der Waals surface area contributed by atoms with E-state index in [0.717, 1.165) is 53.8 Å². The molecule has 0 radical (unpaired) electrons. The highest BCUT2D eigenvalue weighted by Gasteiger charge is 2.49. The highest BCUT2D eigenvalue weighted by Crippen LogP contribution is 2.44. The van der Waals surface area contributed by atoms with Gasteiger partial charge in [0.1, 0.15) is 5.60 Å². The normalized spacial score (nSPS) is 28.6. The number of rotatable bonds is 4. The number of pyridine rings is 1. The fourth-order valence-corrected chi connectivity index (χ4v) is 4.17. The maximum Gasteiger partial charge on any atom is 0.159 e. The van der Waals surface area contributed by atoms with Gasteiger partial charge in [0.25, 0.3) is 0 Å². The molecule has 1 aliphatic heterocycles. The Kier molecular flexibility index (Phi) is 3.28. The highest BCUT2D eigenvalue weighted by atomic mass is 16.7. The largest absolute Gasteiger partial charge is 0.388 e. The van der Waals surface area contributed by atoms with E-state index in [1.165, 1.54) is 19.3 Å². The van der Waals surface area contributed by atoms with Crippen molar-refractivity contribution in [1.29, 1.82) is 0 Å². The average molecular weight is 340 g/mol. The smallest absolute Gasteiger partial charge is 0.159 e. The van der Waals surface area contributed by atoms with Crippen molar-refractivity contribution in [1.82, 2.24) is 14.8 Å². The molecule has 0 aromatic carbocycles. The summed E-state index contributed by atoms with van der Waals surface area (Å²) in [6.07, 6.45) is 10.2. The predicted octanol–water partition coefficient (Wildman–Crippen LogP) is 2.40. The van der Waals surface area contributed by atoms with Crippen molar-refractivity contribution >= 4 is 22.4 Å². The Morgan fingerprint density at radius 3 is 2.88 bits per heavy atom. The van der Waals surface area contributed by atoms with Crippen LogP contribution in [0, 0.1) is 0 Å². The molecule has 2 fully saturated rings. The lowest BCUT2D eigenvalue weighted by atomic mass is 9.73. The molecule has 132 valence electrons. The van der Waals surface area contributed by atoms with Gasteiger partial charge in [0.2, 0.25) is 0 Å². The number of nitrogens with one attached hydrogen (secondary N) is 1. The van der Waals surface area contributed by atoms with Gasteiger partial charge in [-0.2, -0.15) is 5.10 Å². The molecule has 25 heavy (non-hydrogen) atoms. The number of anilines is 1. The molecule has 0 unspecified atom stereocenters. The zero-order valence-corrected chi connectivity index (χ0v) is 14.5. The molecule has 0 bridgehead atoms. The summed E-state index contributed by atoms with van der Waals surface area (Å²) in [5.41, 5.74) is 9.85. The number of fused-ring (bicyclic) bond motifs is 1. The van der Waals surface area contributed by atoms with E-state index in [4.69, 9.17) is 10.6 Å². The third-order valence-corrected chi connectivity index (χ3v) is 5.84. The van der Waals surface area contributed by atoms with Crippen LogP contribution in [0.2, 0.25) is 0 Å². The second kappa shape index (κ2) is 5.42. The third-order valence-electron chi connectivity index (χ3n) is 5.84. The van der Waals surface area contributed by atoms with Crippen LogP contribution in [0.15, 0.2) is 17.5 Å². The molecule has 2 aliphatic carbocycles. The van der Waals surface area contributed by atoms with E-state index in [-0.39, 0.29) is 11.6 Å². The summed E-state index contributed by atoms with van der Waals surface area (Å²) in [6, 6.07) is 0.772. The van der Waals surface area contributed by atoms with Crippen LogP contribution in [0.1, 0.15) is 51.0 Å². The first kappa shape index (κ1) is 15.1. The van der Waals surface area contributed by atoms with Crippen LogP contribution in [0.4, 0.5) is 5.69 Å². The van der Waals surface area contributed by atoms with Gasteiger partial charge in [-0.25, -0.2) is 9.67 Å². The molecule has 2 saturated carbocycles. The Morgan fingerprint density at radius 1 is 1.36 bits per heavy atom. The average Bonchev–Trinajstić information content (AvgIpc) is 3.14. The zero-order chi connectivity index (χ0) is 17.0. The molecular formula is C18H24N6O. The minimum absolute atomic E-state index is 0.176. The number of hydrogen-bond donors (Lipinski definition) is 2. The molecule has 2 aromatic rings. The second-order valence-electron chi connectivity index (χ2n) is 7.67. The van der Waals surface area contributed by atoms with Crippen LogP contribution in [0.3, 0.4) is 0 Å². The van der Waals surface area contributed by atoms with Gasteiger partial charge >= 0.3 is 0 Å². The summed E-state index contributed by atoms with van der Waals surface area (Å²) < 4.78 is 1.93. The Morgan fingerprint density at radius 2 is 2.20 bits per heavy atom. The SMILES string of the molecule is CCn1ncc2c(NC3CCC3)c(C3=NOC4(C3)CC(N)C4)cnc21. The molecule has 0 amide bonds. The fraction of sp³-hybridized carbons (Fsp3) is 0.611. The van der Waals surface area contributed by atoms with E-state index in [9.17, 15) is 0 Å². The fourth-order valence-electron chi connectivity index (χ4n) is 4.17. The number of aromatic nitrogens is 3. The third kappa shape index (κ3) is 2.33. The summed E-state index contributed by atoms with van der Waals surface area (Å²) in [5.74, 6) is 0. The Labute approximate surface area is 146 Å². The van der Waals surface area contributed by atoms with Gasteiger partial charge in [0.15, 0.2) is 5.65 Å². The molecule has 0 saturated heterocycles. The summed E-state index contributed by atoms with van der Waals surface area (Å²) in [5, 5.41) is 13.7. The predicted molar refractivity (Wildman–Crippen MR) is 96.6 cm³/mol. The Balaban J connectivity index is 1.54. The molecule has 7 nitrogen and oxygen atoms in total. The van der Waals surface area contributed by atoms with Crippen molar-refractivity contribution in [2.24, 2.45) is 10.9 Å². The van der Waals surface area contributed by atoms with Crippen LogP contribution in [0.25, 0.3) is 11.0 Å². The van der Waals surface area contributed by atoms with Crippen molar-refractivity contribution in [3.63, 3.8) is 0 Å². The van der Waals surface area contributed by atoms with Crippen LogP contribution in [0.5, 0.6) is 0 Å². The lowest BCUT2D eigenvalue weighted by Gasteiger charge is -2.40. The minimum atomic E-state index is -0.176. The summed E-state index contributed by atoms with van der Waals surface area (Å²) in [4.78, 5) is 10.5. The molecule has 3 aliphatic rings. The van der Waals surface area contributed by atoms with Crippen molar-refractivity contribution in [2.75, 3.05) is 5.32 Å². The first-order valence-electron chi connectivity index (χ1n) is 9.29. The van der Waals surface area contributed by atoms with Crippen molar-refractivity contribution < 1.29 is 4.84 Å². The van der Waals surface area contributed by atoms with Gasteiger partial charge in [-0.05, 0) is 26.2 Å². The zero-order valence-electron chi connectivity index (χ0n) is 14.5. The maximum atomic E-state index is 5.96. The van der Waals surface area contributed by atoms with E-state index in [2.05, 4.69) is 27.5 Å². The van der Waals surface area contributed by atoms with Crippen molar-refractivity contribution in [3.05, 3.63) is 18.0 Å². The van der Waals surface area contributed by atoms with E-state index in [1.807, 2.05) is 17.1 Å². The van der Waals surface area contributed by atoms with Gasteiger partial charge in [-0.3, -0.25) is 0 Å². The number of nitrogens with zero attached hydrogens (tertiary/aromatic N) is 4. The summed E-state index contributed by atoms with van der Waals surface area (Å²) in [6.45, 7) is 2.89. The van der Waals surface area contributed by atoms with Crippen LogP contribution in [-0.2, 0) is 11.4 Å². The Bertz CT molecular complexity index is 847. The summed E-state index contributed by atoms with van der Waals surface area (Å²) >= 11 is 0. The standard InChI is InChI=1S/C18H24N6O/c1-2-24-17-14(10-21-24)16(22-12-4-3-5-12)13(9-20-17)15-8-18(25-23-15)6-11(19)7-18/h9-12H,2-8,19H2,1H3,(H,20,22). The van der Waals surface area contributed by atoms with Gasteiger partial charge in [0.05, 0.1) is 23.0 Å². The number of oxime groups is 1. The topological polar surface area (TPSA) is 90.3 Å². The molecule has 0 atom stereocenters. The lowest BCUT2D eigenvalue weighted by molar-refractivity contribution is -0.0856. The number of hydrogen-bond acceptors (Lipinski definition) is 6. The molecule has 1 spiro atoms. The van der Waals surface area contributed by atoms with Gasteiger partial charge in [-0.1, -0.05) is 5.16 Å². The van der Waals surface area contributed by atoms with Gasteiger partial charge in [0, 0.05) is 49.7 Å². The Hall–Kier alpha value is -2.15. The van der Waals surface area contributed by atoms with E-state index < -0.39 is 0 Å². The lowest BCUT2D eigenvalue weighted by Crippen LogP contribution is -2.51. The van der Waals surface area contributed by atoms with Crippen molar-refractivity contribution in [2.45, 2.75) is 69.7 Å². The quantitative estimate of drug-likeness (QED) is 0.892. The molecule has 2 aromatic heterocycles. The minimum Gasteiger partial charge on any atom is -0.388 e. The first-order chi connectivity index (χ1) is 12.2. The maximum absolute atomic E-state index is 5.96. The van der Waals surface area contributed by atoms with E-state index in [1.54, 1.807) is 0 Å². The van der Waals surface area contributed by atoms with Gasteiger partial charge < -0.3 is 15.9 Å². The van der Waals surface area contributed by atoms with Crippen LogP contribution in [-0.4, -0.2) is 38.2 Å².